The first-order chi connectivity index (χ1) is 13.1. The number of aromatic nitrogens is 2. The predicted octanol–water partition coefficient (Wildman–Crippen LogP) is 2.44. The molecule has 3 rings (SSSR count). The molecule has 1 atom stereocenters. The number of nitrogens with zero attached hydrogens (tertiary/aromatic N) is 3. The van der Waals surface area contributed by atoms with E-state index in [1.54, 1.807) is 11.6 Å². The Bertz CT molecular complexity index is 947. The van der Waals surface area contributed by atoms with Crippen molar-refractivity contribution in [3.05, 3.63) is 69.6 Å². The number of fused-ring (bicyclic) bond motifs is 1. The SMILES string of the molecule is CCN(CC)C(CNC(=O)c1cnc2sccn2c1=O)Cc1ccccc1. The zero-order chi connectivity index (χ0) is 19.2. The molecule has 0 aliphatic carbocycles. The Morgan fingerprint density at radius 2 is 2.00 bits per heavy atom. The highest BCUT2D eigenvalue weighted by Crippen LogP contribution is 2.09. The van der Waals surface area contributed by atoms with Gasteiger partial charge in [-0.05, 0) is 25.1 Å². The first kappa shape index (κ1) is 19.3. The smallest absolute Gasteiger partial charge is 0.271 e. The highest BCUT2D eigenvalue weighted by Gasteiger charge is 2.19. The molecule has 6 nitrogen and oxygen atoms in total. The maximum atomic E-state index is 12.6. The Kier molecular flexibility index (Phi) is 6.36. The van der Waals surface area contributed by atoms with E-state index in [0.29, 0.717) is 11.5 Å². The molecule has 1 unspecified atom stereocenters. The number of nitrogens with one attached hydrogen (secondary N) is 1. The number of thiazole rings is 1. The van der Waals surface area contributed by atoms with Gasteiger partial charge in [0.05, 0.1) is 0 Å². The third kappa shape index (κ3) is 4.43. The van der Waals surface area contributed by atoms with Gasteiger partial charge in [0, 0.05) is 30.4 Å². The number of carbonyl (C=O) groups excluding carboxylic acids is 1. The minimum atomic E-state index is -0.377. The molecule has 0 bridgehead atoms. The molecule has 0 saturated heterocycles. The van der Waals surface area contributed by atoms with Crippen LogP contribution in [0.5, 0.6) is 0 Å². The quantitative estimate of drug-likeness (QED) is 0.648. The van der Waals surface area contributed by atoms with Crippen molar-refractivity contribution in [3.63, 3.8) is 0 Å². The Morgan fingerprint density at radius 1 is 1.26 bits per heavy atom. The van der Waals surface area contributed by atoms with Gasteiger partial charge in [-0.3, -0.25) is 18.9 Å². The lowest BCUT2D eigenvalue weighted by molar-refractivity contribution is 0.0932. The molecule has 0 aliphatic rings. The maximum absolute atomic E-state index is 12.6. The van der Waals surface area contributed by atoms with E-state index in [-0.39, 0.29) is 23.1 Å². The van der Waals surface area contributed by atoms with Crippen LogP contribution < -0.4 is 10.9 Å². The molecule has 3 aromatic rings. The molecule has 0 saturated carbocycles. The van der Waals surface area contributed by atoms with Gasteiger partial charge in [0.1, 0.15) is 5.56 Å². The summed E-state index contributed by atoms with van der Waals surface area (Å²) in [7, 11) is 0. The van der Waals surface area contributed by atoms with Crippen molar-refractivity contribution in [1.29, 1.82) is 0 Å². The first-order valence-electron chi connectivity index (χ1n) is 9.15. The van der Waals surface area contributed by atoms with Crippen molar-refractivity contribution >= 4 is 22.2 Å². The summed E-state index contributed by atoms with van der Waals surface area (Å²) in [5.41, 5.74) is 0.968. The first-order valence-corrected chi connectivity index (χ1v) is 10.0. The van der Waals surface area contributed by atoms with Gasteiger partial charge in [-0.2, -0.15) is 0 Å². The van der Waals surface area contributed by atoms with Crippen molar-refractivity contribution in [2.24, 2.45) is 0 Å². The van der Waals surface area contributed by atoms with Gasteiger partial charge in [0.15, 0.2) is 4.96 Å². The molecule has 2 aromatic heterocycles. The topological polar surface area (TPSA) is 66.7 Å². The summed E-state index contributed by atoms with van der Waals surface area (Å²) < 4.78 is 1.41. The molecule has 1 N–H and O–H groups in total. The number of likely N-dealkylation sites (N-methyl/N-ethyl adjacent to an activating group) is 1. The minimum Gasteiger partial charge on any atom is -0.350 e. The molecule has 0 fully saturated rings. The standard InChI is InChI=1S/C20H24N4O2S/c1-3-23(4-2)16(12-15-8-6-5-7-9-15)13-21-18(25)17-14-22-20-24(19(17)26)10-11-27-20/h5-11,14,16H,3-4,12-13H2,1-2H3,(H,21,25). The number of carbonyl (C=O) groups is 1. The Labute approximate surface area is 162 Å². The molecule has 2 heterocycles. The van der Waals surface area contributed by atoms with Crippen LogP contribution in [0.4, 0.5) is 0 Å². The molecule has 142 valence electrons. The summed E-state index contributed by atoms with van der Waals surface area (Å²) in [6.07, 6.45) is 3.84. The summed E-state index contributed by atoms with van der Waals surface area (Å²) in [5, 5.41) is 4.72. The molecule has 0 spiro atoms. The van der Waals surface area contributed by atoms with E-state index in [4.69, 9.17) is 0 Å². The number of benzene rings is 1. The predicted molar refractivity (Wildman–Crippen MR) is 109 cm³/mol. The van der Waals surface area contributed by atoms with E-state index >= 15 is 0 Å². The summed E-state index contributed by atoms with van der Waals surface area (Å²) in [4.78, 5) is 32.2. The third-order valence-corrected chi connectivity index (χ3v) is 5.50. The van der Waals surface area contributed by atoms with Gasteiger partial charge in [-0.15, -0.1) is 11.3 Å². The highest BCUT2D eigenvalue weighted by atomic mass is 32.1. The van der Waals surface area contributed by atoms with Crippen molar-refractivity contribution in [2.75, 3.05) is 19.6 Å². The van der Waals surface area contributed by atoms with Gasteiger partial charge >= 0.3 is 0 Å². The van der Waals surface area contributed by atoms with E-state index in [0.717, 1.165) is 19.5 Å². The van der Waals surface area contributed by atoms with E-state index in [2.05, 4.69) is 41.2 Å². The Morgan fingerprint density at radius 3 is 2.70 bits per heavy atom. The monoisotopic (exact) mass is 384 g/mol. The molecule has 0 radical (unpaired) electrons. The lowest BCUT2D eigenvalue weighted by Gasteiger charge is -2.30. The van der Waals surface area contributed by atoms with Crippen LogP contribution in [-0.2, 0) is 6.42 Å². The fourth-order valence-corrected chi connectivity index (χ4v) is 3.92. The van der Waals surface area contributed by atoms with Crippen molar-refractivity contribution in [2.45, 2.75) is 26.3 Å². The minimum absolute atomic E-state index is 0.0731. The number of hydrogen-bond donors (Lipinski definition) is 1. The lowest BCUT2D eigenvalue weighted by Crippen LogP contribution is -2.46. The van der Waals surface area contributed by atoms with Crippen LogP contribution in [-0.4, -0.2) is 45.9 Å². The second-order valence-corrected chi connectivity index (χ2v) is 7.18. The van der Waals surface area contributed by atoms with Crippen molar-refractivity contribution in [3.8, 4) is 0 Å². The molecule has 1 amide bonds. The second kappa shape index (κ2) is 8.92. The van der Waals surface area contributed by atoms with Gasteiger partial charge in [-0.1, -0.05) is 44.2 Å². The van der Waals surface area contributed by atoms with Crippen LogP contribution in [0.15, 0.2) is 52.9 Å². The van der Waals surface area contributed by atoms with Gasteiger partial charge in [-0.25, -0.2) is 4.98 Å². The van der Waals surface area contributed by atoms with Crippen LogP contribution in [0.3, 0.4) is 0 Å². The third-order valence-electron chi connectivity index (χ3n) is 4.73. The molecule has 7 heteroatoms. The molecular weight excluding hydrogens is 360 g/mol. The highest BCUT2D eigenvalue weighted by molar-refractivity contribution is 7.15. The van der Waals surface area contributed by atoms with E-state index in [1.165, 1.54) is 27.5 Å². The average molecular weight is 385 g/mol. The Balaban J connectivity index is 1.74. The second-order valence-electron chi connectivity index (χ2n) is 6.31. The zero-order valence-electron chi connectivity index (χ0n) is 15.6. The van der Waals surface area contributed by atoms with Crippen LogP contribution in [0, 0.1) is 0 Å². The lowest BCUT2D eigenvalue weighted by atomic mass is 10.0. The fourth-order valence-electron chi connectivity index (χ4n) is 3.24. The zero-order valence-corrected chi connectivity index (χ0v) is 16.4. The largest absolute Gasteiger partial charge is 0.350 e. The van der Waals surface area contributed by atoms with Gasteiger partial charge in [0.25, 0.3) is 11.5 Å². The van der Waals surface area contributed by atoms with Crippen molar-refractivity contribution in [1.82, 2.24) is 19.6 Å². The number of hydrogen-bond acceptors (Lipinski definition) is 5. The van der Waals surface area contributed by atoms with Gasteiger partial charge in [0.2, 0.25) is 0 Å². The summed E-state index contributed by atoms with van der Waals surface area (Å²) in [6.45, 7) is 6.50. The molecular formula is C20H24N4O2S. The Hall–Kier alpha value is -2.51. The molecule has 1 aromatic carbocycles. The number of rotatable bonds is 8. The van der Waals surface area contributed by atoms with Crippen LogP contribution in [0.2, 0.25) is 0 Å². The van der Waals surface area contributed by atoms with Crippen LogP contribution >= 0.6 is 11.3 Å². The van der Waals surface area contributed by atoms with E-state index in [1.807, 2.05) is 18.2 Å². The molecule has 27 heavy (non-hydrogen) atoms. The summed E-state index contributed by atoms with van der Waals surface area (Å²) >= 11 is 1.36. The van der Waals surface area contributed by atoms with E-state index < -0.39 is 0 Å². The molecule has 0 aliphatic heterocycles. The maximum Gasteiger partial charge on any atom is 0.271 e. The number of amides is 1. The summed E-state index contributed by atoms with van der Waals surface area (Å²) in [5.74, 6) is -0.377. The van der Waals surface area contributed by atoms with Crippen LogP contribution in [0.1, 0.15) is 29.8 Å². The van der Waals surface area contributed by atoms with Crippen molar-refractivity contribution < 1.29 is 4.79 Å². The normalized spacial score (nSPS) is 12.4. The van der Waals surface area contributed by atoms with Gasteiger partial charge < -0.3 is 5.32 Å². The van der Waals surface area contributed by atoms with E-state index in [9.17, 15) is 9.59 Å². The van der Waals surface area contributed by atoms with Crippen LogP contribution in [0.25, 0.3) is 4.96 Å². The fraction of sp³-hybridized carbons (Fsp3) is 0.350. The summed E-state index contributed by atoms with van der Waals surface area (Å²) in [6, 6.07) is 10.4. The average Bonchev–Trinajstić information content (AvgIpc) is 3.17.